The van der Waals surface area contributed by atoms with Gasteiger partial charge in [0, 0.05) is 5.57 Å². The Balaban J connectivity index is 2.97. The summed E-state index contributed by atoms with van der Waals surface area (Å²) in [5, 5.41) is 8.93. The zero-order valence-electron chi connectivity index (χ0n) is 8.26. The molecule has 0 unspecified atom stereocenters. The van der Waals surface area contributed by atoms with Crippen LogP contribution in [0.4, 0.5) is 0 Å². The number of carboxylic acid groups (broad SMARTS) is 1. The SMILES string of the molecule is CC(C)=CC1=C(C(=O)O)CCCC1. The molecule has 0 aromatic rings. The van der Waals surface area contributed by atoms with Gasteiger partial charge in [0.1, 0.15) is 0 Å². The number of carbonyl (C=O) groups is 1. The Bertz CT molecular complexity index is 268. The van der Waals surface area contributed by atoms with E-state index in [0.717, 1.165) is 31.3 Å². The van der Waals surface area contributed by atoms with Gasteiger partial charge in [0.2, 0.25) is 0 Å². The number of aliphatic carboxylic acids is 1. The Morgan fingerprint density at radius 2 is 1.92 bits per heavy atom. The molecule has 0 radical (unpaired) electrons. The highest BCUT2D eigenvalue weighted by Gasteiger charge is 2.16. The average molecular weight is 180 g/mol. The molecule has 1 rings (SSSR count). The highest BCUT2D eigenvalue weighted by atomic mass is 16.4. The van der Waals surface area contributed by atoms with Crippen molar-refractivity contribution < 1.29 is 9.90 Å². The third-order valence-corrected chi connectivity index (χ3v) is 2.23. The lowest BCUT2D eigenvalue weighted by Crippen LogP contribution is -2.08. The smallest absolute Gasteiger partial charge is 0.331 e. The molecule has 0 spiro atoms. The van der Waals surface area contributed by atoms with Crippen LogP contribution in [-0.4, -0.2) is 11.1 Å². The van der Waals surface area contributed by atoms with E-state index >= 15 is 0 Å². The van der Waals surface area contributed by atoms with Crippen LogP contribution >= 0.6 is 0 Å². The second-order valence-corrected chi connectivity index (χ2v) is 3.74. The van der Waals surface area contributed by atoms with E-state index in [1.807, 2.05) is 19.9 Å². The molecule has 2 nitrogen and oxygen atoms in total. The van der Waals surface area contributed by atoms with E-state index in [-0.39, 0.29) is 0 Å². The number of hydrogen-bond acceptors (Lipinski definition) is 1. The van der Waals surface area contributed by atoms with Gasteiger partial charge in [-0.15, -0.1) is 0 Å². The fourth-order valence-electron chi connectivity index (χ4n) is 1.68. The van der Waals surface area contributed by atoms with Crippen molar-refractivity contribution >= 4 is 5.97 Å². The van der Waals surface area contributed by atoms with Crippen molar-refractivity contribution in [2.45, 2.75) is 39.5 Å². The van der Waals surface area contributed by atoms with Gasteiger partial charge < -0.3 is 5.11 Å². The van der Waals surface area contributed by atoms with Crippen molar-refractivity contribution in [3.63, 3.8) is 0 Å². The Kier molecular flexibility index (Phi) is 3.29. The molecule has 72 valence electrons. The Morgan fingerprint density at radius 3 is 2.46 bits per heavy atom. The molecule has 13 heavy (non-hydrogen) atoms. The molecule has 0 aromatic heterocycles. The number of rotatable bonds is 2. The van der Waals surface area contributed by atoms with Gasteiger partial charge in [-0.25, -0.2) is 4.79 Å². The predicted octanol–water partition coefficient (Wildman–Crippen LogP) is 2.91. The molecule has 0 saturated carbocycles. The zero-order valence-corrected chi connectivity index (χ0v) is 8.26. The van der Waals surface area contributed by atoms with E-state index in [0.29, 0.717) is 5.57 Å². The first kappa shape index (κ1) is 10.0. The summed E-state index contributed by atoms with van der Waals surface area (Å²) in [4.78, 5) is 10.9. The Morgan fingerprint density at radius 1 is 1.31 bits per heavy atom. The van der Waals surface area contributed by atoms with E-state index in [9.17, 15) is 4.79 Å². The molecular weight excluding hydrogens is 164 g/mol. The molecule has 0 bridgehead atoms. The Hall–Kier alpha value is -1.05. The lowest BCUT2D eigenvalue weighted by Gasteiger charge is -2.15. The highest BCUT2D eigenvalue weighted by Crippen LogP contribution is 2.26. The van der Waals surface area contributed by atoms with Crippen LogP contribution in [0.2, 0.25) is 0 Å². The molecule has 0 heterocycles. The normalized spacial score (nSPS) is 17.1. The first-order chi connectivity index (χ1) is 6.11. The van der Waals surface area contributed by atoms with Crippen molar-refractivity contribution in [2.24, 2.45) is 0 Å². The zero-order chi connectivity index (χ0) is 9.84. The third kappa shape index (κ3) is 2.72. The van der Waals surface area contributed by atoms with Crippen molar-refractivity contribution in [3.8, 4) is 0 Å². The second-order valence-electron chi connectivity index (χ2n) is 3.74. The molecule has 0 aromatic carbocycles. The van der Waals surface area contributed by atoms with Crippen LogP contribution in [0.1, 0.15) is 39.5 Å². The lowest BCUT2D eigenvalue weighted by atomic mass is 9.91. The second kappa shape index (κ2) is 4.26. The monoisotopic (exact) mass is 180 g/mol. The summed E-state index contributed by atoms with van der Waals surface area (Å²) in [5.41, 5.74) is 2.82. The molecular formula is C11H16O2. The molecule has 0 atom stereocenters. The highest BCUT2D eigenvalue weighted by molar-refractivity contribution is 5.88. The van der Waals surface area contributed by atoms with E-state index < -0.39 is 5.97 Å². The van der Waals surface area contributed by atoms with Gasteiger partial charge in [-0.2, -0.15) is 0 Å². The van der Waals surface area contributed by atoms with Gasteiger partial charge in [0.15, 0.2) is 0 Å². The largest absolute Gasteiger partial charge is 0.478 e. The van der Waals surface area contributed by atoms with Gasteiger partial charge >= 0.3 is 5.97 Å². The summed E-state index contributed by atoms with van der Waals surface area (Å²) in [6.45, 7) is 4.00. The minimum Gasteiger partial charge on any atom is -0.478 e. The van der Waals surface area contributed by atoms with Crippen LogP contribution in [0.25, 0.3) is 0 Å². The summed E-state index contributed by atoms with van der Waals surface area (Å²) >= 11 is 0. The maximum Gasteiger partial charge on any atom is 0.331 e. The number of carboxylic acids is 1. The first-order valence-corrected chi connectivity index (χ1v) is 4.71. The fraction of sp³-hybridized carbons (Fsp3) is 0.545. The molecule has 0 saturated heterocycles. The van der Waals surface area contributed by atoms with Crippen LogP contribution in [0.5, 0.6) is 0 Å². The van der Waals surface area contributed by atoms with Crippen LogP contribution in [0.3, 0.4) is 0 Å². The van der Waals surface area contributed by atoms with Gasteiger partial charge in [-0.3, -0.25) is 0 Å². The van der Waals surface area contributed by atoms with Gasteiger partial charge in [0.25, 0.3) is 0 Å². The average Bonchev–Trinajstić information content (AvgIpc) is 2.03. The predicted molar refractivity (Wildman–Crippen MR) is 52.6 cm³/mol. The van der Waals surface area contributed by atoms with Crippen LogP contribution in [-0.2, 0) is 4.79 Å². The summed E-state index contributed by atoms with van der Waals surface area (Å²) in [7, 11) is 0. The van der Waals surface area contributed by atoms with Crippen molar-refractivity contribution in [3.05, 3.63) is 22.8 Å². The maximum atomic E-state index is 10.9. The molecule has 2 heteroatoms. The minimum atomic E-state index is -0.743. The summed E-state index contributed by atoms with van der Waals surface area (Å²) < 4.78 is 0. The lowest BCUT2D eigenvalue weighted by molar-refractivity contribution is -0.132. The topological polar surface area (TPSA) is 37.3 Å². The van der Waals surface area contributed by atoms with Crippen molar-refractivity contribution in [1.29, 1.82) is 0 Å². The summed E-state index contributed by atoms with van der Waals surface area (Å²) in [5.74, 6) is -0.743. The van der Waals surface area contributed by atoms with Gasteiger partial charge in [0.05, 0.1) is 0 Å². The van der Waals surface area contributed by atoms with Crippen LogP contribution in [0.15, 0.2) is 22.8 Å². The van der Waals surface area contributed by atoms with Crippen molar-refractivity contribution in [1.82, 2.24) is 0 Å². The fourth-order valence-corrected chi connectivity index (χ4v) is 1.68. The van der Waals surface area contributed by atoms with Gasteiger partial charge in [-0.05, 0) is 45.1 Å². The van der Waals surface area contributed by atoms with Crippen LogP contribution < -0.4 is 0 Å². The molecule has 0 aliphatic heterocycles. The number of allylic oxidation sites excluding steroid dienone is 3. The van der Waals surface area contributed by atoms with Crippen molar-refractivity contribution in [2.75, 3.05) is 0 Å². The maximum absolute atomic E-state index is 10.9. The number of hydrogen-bond donors (Lipinski definition) is 1. The third-order valence-electron chi connectivity index (χ3n) is 2.23. The molecule has 1 N–H and O–H groups in total. The van der Waals surface area contributed by atoms with Crippen LogP contribution in [0, 0.1) is 0 Å². The molecule has 1 aliphatic carbocycles. The quantitative estimate of drug-likeness (QED) is 0.709. The molecule has 1 aliphatic rings. The standard InChI is InChI=1S/C11H16O2/c1-8(2)7-9-5-3-4-6-10(9)11(12)13/h7H,3-6H2,1-2H3,(H,12,13). The summed E-state index contributed by atoms with van der Waals surface area (Å²) in [6.07, 6.45) is 5.79. The van der Waals surface area contributed by atoms with Gasteiger partial charge in [-0.1, -0.05) is 11.6 Å². The van der Waals surface area contributed by atoms with E-state index in [2.05, 4.69) is 0 Å². The summed E-state index contributed by atoms with van der Waals surface area (Å²) in [6, 6.07) is 0. The Labute approximate surface area is 79.0 Å². The van der Waals surface area contributed by atoms with E-state index in [4.69, 9.17) is 5.11 Å². The molecule has 0 fully saturated rings. The minimum absolute atomic E-state index is 0.618. The first-order valence-electron chi connectivity index (χ1n) is 4.71. The molecule has 0 amide bonds. The van der Waals surface area contributed by atoms with E-state index in [1.54, 1.807) is 0 Å². The van der Waals surface area contributed by atoms with E-state index in [1.165, 1.54) is 5.57 Å².